The zero-order valence-electron chi connectivity index (χ0n) is 9.53. The van der Waals surface area contributed by atoms with Gasteiger partial charge in [-0.3, -0.25) is 4.79 Å². The fraction of sp³-hybridized carbons (Fsp3) is 0.462. The molecule has 0 unspecified atom stereocenters. The van der Waals surface area contributed by atoms with Gasteiger partial charge in [-0.1, -0.05) is 18.6 Å². The lowest BCUT2D eigenvalue weighted by molar-refractivity contribution is -0.139. The van der Waals surface area contributed by atoms with E-state index < -0.39 is 11.9 Å². The standard InChI is InChI=1S/C13H16FNO2/c14-10-6-4-9(5-7-10)12(13(16)17)11-3-1-2-8-15-11/h4-7,11-12,15H,1-3,8H2,(H,16,17)/t11-,12-/m0/s1. The van der Waals surface area contributed by atoms with Gasteiger partial charge in [0.05, 0.1) is 5.92 Å². The molecule has 2 rings (SSSR count). The number of rotatable bonds is 3. The molecule has 0 bridgehead atoms. The highest BCUT2D eigenvalue weighted by atomic mass is 19.1. The van der Waals surface area contributed by atoms with Crippen molar-refractivity contribution in [1.29, 1.82) is 0 Å². The molecule has 1 heterocycles. The first-order chi connectivity index (χ1) is 8.18. The quantitative estimate of drug-likeness (QED) is 0.846. The van der Waals surface area contributed by atoms with Gasteiger partial charge in [-0.05, 0) is 37.1 Å². The zero-order valence-corrected chi connectivity index (χ0v) is 9.53. The maximum Gasteiger partial charge on any atom is 0.312 e. The Hall–Kier alpha value is -1.42. The van der Waals surface area contributed by atoms with E-state index in [0.29, 0.717) is 5.56 Å². The number of benzene rings is 1. The van der Waals surface area contributed by atoms with Gasteiger partial charge in [0.1, 0.15) is 5.82 Å². The van der Waals surface area contributed by atoms with Crippen molar-refractivity contribution in [3.8, 4) is 0 Å². The van der Waals surface area contributed by atoms with Gasteiger partial charge >= 0.3 is 5.97 Å². The molecule has 0 aliphatic carbocycles. The van der Waals surface area contributed by atoms with Gasteiger partial charge < -0.3 is 10.4 Å². The molecule has 1 fully saturated rings. The fourth-order valence-corrected chi connectivity index (χ4v) is 2.38. The Bertz CT molecular complexity index is 385. The molecular formula is C13H16FNO2. The van der Waals surface area contributed by atoms with Crippen molar-refractivity contribution in [3.63, 3.8) is 0 Å². The van der Waals surface area contributed by atoms with Gasteiger partial charge in [0.25, 0.3) is 0 Å². The Labute approximate surface area is 99.7 Å². The molecule has 1 aromatic rings. The van der Waals surface area contributed by atoms with Crippen LogP contribution in [-0.4, -0.2) is 23.7 Å². The largest absolute Gasteiger partial charge is 0.481 e. The fourth-order valence-electron chi connectivity index (χ4n) is 2.38. The van der Waals surface area contributed by atoms with Gasteiger partial charge in [-0.2, -0.15) is 0 Å². The Morgan fingerprint density at radius 1 is 1.35 bits per heavy atom. The molecule has 0 radical (unpaired) electrons. The summed E-state index contributed by atoms with van der Waals surface area (Å²) < 4.78 is 12.8. The number of halogens is 1. The van der Waals surface area contributed by atoms with E-state index in [1.165, 1.54) is 12.1 Å². The van der Waals surface area contributed by atoms with Gasteiger partial charge in [0, 0.05) is 6.04 Å². The van der Waals surface area contributed by atoms with Crippen LogP contribution in [0.3, 0.4) is 0 Å². The Morgan fingerprint density at radius 2 is 2.06 bits per heavy atom. The summed E-state index contributed by atoms with van der Waals surface area (Å²) in [4.78, 5) is 11.4. The minimum absolute atomic E-state index is 0.0493. The van der Waals surface area contributed by atoms with Crippen molar-refractivity contribution in [2.75, 3.05) is 6.54 Å². The number of nitrogens with one attached hydrogen (secondary N) is 1. The molecule has 1 aromatic carbocycles. The Balaban J connectivity index is 2.21. The van der Waals surface area contributed by atoms with E-state index in [-0.39, 0.29) is 11.9 Å². The summed E-state index contributed by atoms with van der Waals surface area (Å²) in [5.41, 5.74) is 0.665. The molecule has 3 nitrogen and oxygen atoms in total. The van der Waals surface area contributed by atoms with Crippen LogP contribution in [0.4, 0.5) is 4.39 Å². The van der Waals surface area contributed by atoms with Crippen LogP contribution in [0.15, 0.2) is 24.3 Å². The van der Waals surface area contributed by atoms with E-state index >= 15 is 0 Å². The van der Waals surface area contributed by atoms with Crippen molar-refractivity contribution >= 4 is 5.97 Å². The predicted octanol–water partition coefficient (Wildman–Crippen LogP) is 2.14. The molecule has 2 atom stereocenters. The van der Waals surface area contributed by atoms with Crippen molar-refractivity contribution in [3.05, 3.63) is 35.6 Å². The van der Waals surface area contributed by atoms with Crippen molar-refractivity contribution in [1.82, 2.24) is 5.32 Å². The molecule has 1 saturated heterocycles. The molecule has 0 amide bonds. The average Bonchev–Trinajstić information content (AvgIpc) is 2.33. The number of hydrogen-bond acceptors (Lipinski definition) is 2. The van der Waals surface area contributed by atoms with E-state index in [4.69, 9.17) is 0 Å². The maximum atomic E-state index is 12.8. The van der Waals surface area contributed by atoms with Crippen LogP contribution in [0.5, 0.6) is 0 Å². The van der Waals surface area contributed by atoms with Crippen LogP contribution in [-0.2, 0) is 4.79 Å². The van der Waals surface area contributed by atoms with Crippen molar-refractivity contribution < 1.29 is 14.3 Å². The molecule has 0 spiro atoms. The minimum Gasteiger partial charge on any atom is -0.481 e. The molecule has 0 aromatic heterocycles. The summed E-state index contributed by atoms with van der Waals surface area (Å²) in [6.45, 7) is 0.857. The van der Waals surface area contributed by atoms with Gasteiger partial charge in [-0.15, -0.1) is 0 Å². The molecule has 17 heavy (non-hydrogen) atoms. The predicted molar refractivity (Wildman–Crippen MR) is 62.4 cm³/mol. The summed E-state index contributed by atoms with van der Waals surface area (Å²) in [6.07, 6.45) is 2.99. The topological polar surface area (TPSA) is 49.3 Å². The maximum absolute atomic E-state index is 12.8. The lowest BCUT2D eigenvalue weighted by atomic mass is 9.86. The second-order valence-electron chi connectivity index (χ2n) is 4.42. The van der Waals surface area contributed by atoms with E-state index in [0.717, 1.165) is 25.8 Å². The second kappa shape index (κ2) is 5.27. The van der Waals surface area contributed by atoms with Crippen molar-refractivity contribution in [2.45, 2.75) is 31.2 Å². The smallest absolute Gasteiger partial charge is 0.312 e. The highest BCUT2D eigenvalue weighted by molar-refractivity contribution is 5.77. The lowest BCUT2D eigenvalue weighted by Gasteiger charge is -2.29. The van der Waals surface area contributed by atoms with Crippen LogP contribution in [0.1, 0.15) is 30.7 Å². The highest BCUT2D eigenvalue weighted by Gasteiger charge is 2.30. The SMILES string of the molecule is O=C(O)[C@@H](c1ccc(F)cc1)[C@@H]1CCCCN1. The average molecular weight is 237 g/mol. The number of aliphatic carboxylic acids is 1. The van der Waals surface area contributed by atoms with E-state index in [1.54, 1.807) is 12.1 Å². The summed E-state index contributed by atoms with van der Waals surface area (Å²) in [5, 5.41) is 12.6. The number of carboxylic acids is 1. The van der Waals surface area contributed by atoms with Gasteiger partial charge in [0.2, 0.25) is 0 Å². The highest BCUT2D eigenvalue weighted by Crippen LogP contribution is 2.25. The van der Waals surface area contributed by atoms with Crippen molar-refractivity contribution in [2.24, 2.45) is 0 Å². The number of carbonyl (C=O) groups is 1. The summed E-state index contributed by atoms with van der Waals surface area (Å²) in [5.74, 6) is -1.78. The summed E-state index contributed by atoms with van der Waals surface area (Å²) in [7, 11) is 0. The molecule has 1 aliphatic rings. The van der Waals surface area contributed by atoms with Crippen LogP contribution >= 0.6 is 0 Å². The van der Waals surface area contributed by atoms with Gasteiger partial charge in [0.15, 0.2) is 0 Å². The van der Waals surface area contributed by atoms with Crippen LogP contribution < -0.4 is 5.32 Å². The van der Waals surface area contributed by atoms with E-state index in [9.17, 15) is 14.3 Å². The third kappa shape index (κ3) is 2.82. The van der Waals surface area contributed by atoms with Crippen LogP contribution in [0.2, 0.25) is 0 Å². The molecule has 2 N–H and O–H groups in total. The Morgan fingerprint density at radius 3 is 2.59 bits per heavy atom. The van der Waals surface area contributed by atoms with E-state index in [1.807, 2.05) is 0 Å². The second-order valence-corrected chi connectivity index (χ2v) is 4.42. The molecule has 1 aliphatic heterocycles. The summed E-state index contributed by atoms with van der Waals surface area (Å²) >= 11 is 0. The van der Waals surface area contributed by atoms with Gasteiger partial charge in [-0.25, -0.2) is 4.39 Å². The van der Waals surface area contributed by atoms with Crippen LogP contribution in [0, 0.1) is 5.82 Å². The molecule has 92 valence electrons. The number of hydrogen-bond donors (Lipinski definition) is 2. The minimum atomic E-state index is -0.851. The molecular weight excluding hydrogens is 221 g/mol. The van der Waals surface area contributed by atoms with E-state index in [2.05, 4.69) is 5.32 Å². The first kappa shape index (κ1) is 12.0. The third-order valence-electron chi connectivity index (χ3n) is 3.25. The summed E-state index contributed by atoms with van der Waals surface area (Å²) in [6, 6.07) is 5.70. The third-order valence-corrected chi connectivity index (χ3v) is 3.25. The normalized spacial score (nSPS) is 22.1. The van der Waals surface area contributed by atoms with Crippen LogP contribution in [0.25, 0.3) is 0 Å². The number of carboxylic acid groups (broad SMARTS) is 1. The first-order valence-electron chi connectivity index (χ1n) is 5.90. The monoisotopic (exact) mass is 237 g/mol. The molecule has 0 saturated carbocycles. The Kier molecular flexibility index (Phi) is 3.74. The lowest BCUT2D eigenvalue weighted by Crippen LogP contribution is -2.41. The first-order valence-corrected chi connectivity index (χ1v) is 5.90. The molecule has 4 heteroatoms. The zero-order chi connectivity index (χ0) is 12.3. The number of piperidine rings is 1.